The molecule has 0 aliphatic carbocycles. The van der Waals surface area contributed by atoms with Gasteiger partial charge in [0, 0.05) is 18.1 Å². The van der Waals surface area contributed by atoms with Crippen LogP contribution in [0, 0.1) is 13.8 Å². The smallest absolute Gasteiger partial charge is 0.123 e. The summed E-state index contributed by atoms with van der Waals surface area (Å²) in [6.07, 6.45) is 0.329. The van der Waals surface area contributed by atoms with Gasteiger partial charge < -0.3 is 10.1 Å². The fourth-order valence-corrected chi connectivity index (χ4v) is 1.62. The summed E-state index contributed by atoms with van der Waals surface area (Å²) in [5.74, 6) is 0.927. The van der Waals surface area contributed by atoms with Gasteiger partial charge in [-0.2, -0.15) is 0 Å². The van der Waals surface area contributed by atoms with E-state index in [0.717, 1.165) is 35.0 Å². The highest BCUT2D eigenvalue weighted by Crippen LogP contribution is 2.26. The predicted molar refractivity (Wildman–Crippen MR) is 58.2 cm³/mol. The molecule has 1 fully saturated rings. The predicted octanol–water partition coefficient (Wildman–Crippen LogP) is 2.31. The number of halogens is 1. The van der Waals surface area contributed by atoms with E-state index in [1.165, 1.54) is 0 Å². The van der Waals surface area contributed by atoms with Crippen LogP contribution in [-0.2, 0) is 0 Å². The summed E-state index contributed by atoms with van der Waals surface area (Å²) in [5, 5.41) is 4.01. The molecule has 1 aromatic rings. The van der Waals surface area contributed by atoms with Gasteiger partial charge in [-0.15, -0.1) is 0 Å². The number of ether oxygens (including phenoxy) is 1. The molecule has 0 bridgehead atoms. The lowest BCUT2D eigenvalue weighted by Crippen LogP contribution is -2.50. The van der Waals surface area contributed by atoms with Crippen molar-refractivity contribution in [3.05, 3.63) is 28.3 Å². The van der Waals surface area contributed by atoms with Gasteiger partial charge in [0.2, 0.25) is 0 Å². The summed E-state index contributed by atoms with van der Waals surface area (Å²) < 4.78 is 5.75. The second-order valence-corrected chi connectivity index (χ2v) is 4.15. The van der Waals surface area contributed by atoms with Gasteiger partial charge in [-0.1, -0.05) is 11.6 Å². The van der Waals surface area contributed by atoms with Gasteiger partial charge in [0.1, 0.15) is 11.9 Å². The number of benzene rings is 1. The molecule has 0 radical (unpaired) electrons. The molecule has 0 aromatic heterocycles. The highest BCUT2D eigenvalue weighted by molar-refractivity contribution is 6.32. The third kappa shape index (κ3) is 1.86. The molecule has 1 heterocycles. The van der Waals surface area contributed by atoms with Crippen molar-refractivity contribution in [2.45, 2.75) is 20.0 Å². The average Bonchev–Trinajstić information content (AvgIpc) is 2.07. The van der Waals surface area contributed by atoms with Gasteiger partial charge in [0.05, 0.1) is 0 Å². The Morgan fingerprint density at radius 3 is 2.29 bits per heavy atom. The summed E-state index contributed by atoms with van der Waals surface area (Å²) in [6.45, 7) is 5.89. The monoisotopic (exact) mass is 211 g/mol. The van der Waals surface area contributed by atoms with Crippen LogP contribution in [0.4, 0.5) is 0 Å². The summed E-state index contributed by atoms with van der Waals surface area (Å²) in [6, 6.07) is 3.99. The minimum absolute atomic E-state index is 0.329. The van der Waals surface area contributed by atoms with E-state index in [1.807, 2.05) is 26.0 Å². The van der Waals surface area contributed by atoms with Gasteiger partial charge in [-0.3, -0.25) is 0 Å². The van der Waals surface area contributed by atoms with E-state index >= 15 is 0 Å². The fraction of sp³-hybridized carbons (Fsp3) is 0.455. The normalized spacial score (nSPS) is 16.5. The van der Waals surface area contributed by atoms with Gasteiger partial charge in [-0.05, 0) is 37.1 Å². The van der Waals surface area contributed by atoms with Crippen LogP contribution in [0.2, 0.25) is 5.02 Å². The minimum atomic E-state index is 0.329. The Bertz CT molecular complexity index is 324. The molecule has 0 amide bonds. The molecular weight excluding hydrogens is 198 g/mol. The van der Waals surface area contributed by atoms with Crippen LogP contribution in [0.25, 0.3) is 0 Å². The Labute approximate surface area is 89.2 Å². The molecule has 14 heavy (non-hydrogen) atoms. The molecule has 1 N–H and O–H groups in total. The standard InChI is InChI=1S/C11H14ClNO/c1-7-3-9(4-8(2)11(7)12)14-10-5-13-6-10/h3-4,10,13H,5-6H2,1-2H3. The van der Waals surface area contributed by atoms with E-state index in [2.05, 4.69) is 5.32 Å². The maximum atomic E-state index is 6.07. The first kappa shape index (κ1) is 9.81. The van der Waals surface area contributed by atoms with Crippen LogP contribution in [0.15, 0.2) is 12.1 Å². The summed E-state index contributed by atoms with van der Waals surface area (Å²) >= 11 is 6.07. The number of hydrogen-bond donors (Lipinski definition) is 1. The molecule has 76 valence electrons. The average molecular weight is 212 g/mol. The molecule has 1 aromatic carbocycles. The number of hydrogen-bond acceptors (Lipinski definition) is 2. The van der Waals surface area contributed by atoms with Crippen molar-refractivity contribution in [1.82, 2.24) is 5.32 Å². The highest BCUT2D eigenvalue weighted by Gasteiger charge is 2.18. The van der Waals surface area contributed by atoms with E-state index in [9.17, 15) is 0 Å². The quantitative estimate of drug-likeness (QED) is 0.811. The molecule has 0 unspecified atom stereocenters. The third-order valence-corrected chi connectivity index (χ3v) is 3.05. The number of nitrogens with one attached hydrogen (secondary N) is 1. The van der Waals surface area contributed by atoms with Crippen LogP contribution < -0.4 is 10.1 Å². The Hall–Kier alpha value is -0.730. The Morgan fingerprint density at radius 1 is 1.29 bits per heavy atom. The molecule has 0 spiro atoms. The van der Waals surface area contributed by atoms with Crippen LogP contribution >= 0.6 is 11.6 Å². The van der Waals surface area contributed by atoms with Crippen molar-refractivity contribution in [3.8, 4) is 5.75 Å². The van der Waals surface area contributed by atoms with E-state index in [0.29, 0.717) is 6.10 Å². The zero-order valence-corrected chi connectivity index (χ0v) is 9.19. The largest absolute Gasteiger partial charge is 0.488 e. The zero-order valence-electron chi connectivity index (χ0n) is 8.43. The van der Waals surface area contributed by atoms with Crippen molar-refractivity contribution in [2.75, 3.05) is 13.1 Å². The molecule has 0 saturated carbocycles. The first-order chi connectivity index (χ1) is 6.66. The van der Waals surface area contributed by atoms with Crippen LogP contribution in [-0.4, -0.2) is 19.2 Å². The van der Waals surface area contributed by atoms with Crippen molar-refractivity contribution in [3.63, 3.8) is 0 Å². The van der Waals surface area contributed by atoms with Crippen molar-refractivity contribution in [2.24, 2.45) is 0 Å². The van der Waals surface area contributed by atoms with E-state index < -0.39 is 0 Å². The van der Waals surface area contributed by atoms with Gasteiger partial charge in [0.25, 0.3) is 0 Å². The fourth-order valence-electron chi connectivity index (χ4n) is 1.51. The first-order valence-electron chi connectivity index (χ1n) is 4.81. The van der Waals surface area contributed by atoms with E-state index in [1.54, 1.807) is 0 Å². The lowest BCUT2D eigenvalue weighted by molar-refractivity contribution is 0.142. The summed E-state index contributed by atoms with van der Waals surface area (Å²) in [7, 11) is 0. The topological polar surface area (TPSA) is 21.3 Å². The Morgan fingerprint density at radius 2 is 1.86 bits per heavy atom. The Balaban J connectivity index is 2.17. The van der Waals surface area contributed by atoms with Crippen molar-refractivity contribution in [1.29, 1.82) is 0 Å². The number of aryl methyl sites for hydroxylation is 2. The summed E-state index contributed by atoms with van der Waals surface area (Å²) in [5.41, 5.74) is 2.16. The van der Waals surface area contributed by atoms with Gasteiger partial charge >= 0.3 is 0 Å². The molecule has 1 aliphatic rings. The molecule has 1 saturated heterocycles. The van der Waals surface area contributed by atoms with E-state index in [4.69, 9.17) is 16.3 Å². The van der Waals surface area contributed by atoms with Crippen LogP contribution in [0.1, 0.15) is 11.1 Å². The zero-order chi connectivity index (χ0) is 10.1. The molecule has 3 heteroatoms. The highest BCUT2D eigenvalue weighted by atomic mass is 35.5. The van der Waals surface area contributed by atoms with Crippen LogP contribution in [0.5, 0.6) is 5.75 Å². The van der Waals surface area contributed by atoms with Crippen molar-refractivity contribution >= 4 is 11.6 Å². The second-order valence-electron chi connectivity index (χ2n) is 3.77. The lowest BCUT2D eigenvalue weighted by atomic mass is 10.1. The van der Waals surface area contributed by atoms with E-state index in [-0.39, 0.29) is 0 Å². The molecule has 2 rings (SSSR count). The van der Waals surface area contributed by atoms with Crippen LogP contribution in [0.3, 0.4) is 0 Å². The maximum absolute atomic E-state index is 6.07. The maximum Gasteiger partial charge on any atom is 0.123 e. The molecule has 0 atom stereocenters. The second kappa shape index (κ2) is 3.79. The Kier molecular flexibility index (Phi) is 2.66. The first-order valence-corrected chi connectivity index (χ1v) is 5.19. The summed E-state index contributed by atoms with van der Waals surface area (Å²) in [4.78, 5) is 0. The lowest BCUT2D eigenvalue weighted by Gasteiger charge is -2.28. The number of rotatable bonds is 2. The molecular formula is C11H14ClNO. The molecule has 1 aliphatic heterocycles. The molecule has 2 nitrogen and oxygen atoms in total. The SMILES string of the molecule is Cc1cc(OC2CNC2)cc(C)c1Cl. The third-order valence-electron chi connectivity index (χ3n) is 2.46. The van der Waals surface area contributed by atoms with Gasteiger partial charge in [-0.25, -0.2) is 0 Å². The van der Waals surface area contributed by atoms with Gasteiger partial charge in [0.15, 0.2) is 0 Å². The van der Waals surface area contributed by atoms with Crippen molar-refractivity contribution < 1.29 is 4.74 Å². The minimum Gasteiger partial charge on any atom is -0.488 e.